The number of nitrogens with two attached hydrogens (primary N) is 1. The standard InChI is InChI=1S/C13H17FN4O4/c1-7(16-13(15)21)11(19)17-18-12(20)8(2)22-10-6-4-3-5-9(10)14/h3-8H,1-2H3,(H,17,19)(H,18,20)(H3,15,16,21). The molecule has 22 heavy (non-hydrogen) atoms. The number of hydrogen-bond acceptors (Lipinski definition) is 4. The fraction of sp³-hybridized carbons (Fsp3) is 0.308. The smallest absolute Gasteiger partial charge is 0.312 e. The van der Waals surface area contributed by atoms with Crippen molar-refractivity contribution in [1.29, 1.82) is 0 Å². The number of carbonyl (C=O) groups excluding carboxylic acids is 3. The highest BCUT2D eigenvalue weighted by atomic mass is 19.1. The van der Waals surface area contributed by atoms with Crippen molar-refractivity contribution in [2.45, 2.75) is 26.0 Å². The number of hydrogen-bond donors (Lipinski definition) is 4. The Bertz CT molecular complexity index is 567. The number of amides is 4. The molecule has 0 bridgehead atoms. The van der Waals surface area contributed by atoms with Crippen molar-refractivity contribution < 1.29 is 23.5 Å². The second-order valence-electron chi connectivity index (χ2n) is 4.40. The third kappa shape index (κ3) is 5.27. The number of halogens is 1. The van der Waals surface area contributed by atoms with Gasteiger partial charge in [0.1, 0.15) is 6.04 Å². The zero-order valence-corrected chi connectivity index (χ0v) is 12.1. The van der Waals surface area contributed by atoms with Gasteiger partial charge in [-0.2, -0.15) is 0 Å². The van der Waals surface area contributed by atoms with Crippen molar-refractivity contribution in [2.24, 2.45) is 5.73 Å². The molecule has 1 rings (SSSR count). The SMILES string of the molecule is CC(NC(N)=O)C(=O)NNC(=O)C(C)Oc1ccccc1F. The summed E-state index contributed by atoms with van der Waals surface area (Å²) < 4.78 is 18.5. The van der Waals surface area contributed by atoms with Gasteiger partial charge in [-0.1, -0.05) is 12.1 Å². The van der Waals surface area contributed by atoms with Crippen molar-refractivity contribution in [3.63, 3.8) is 0 Å². The quantitative estimate of drug-likeness (QED) is 0.562. The second-order valence-corrected chi connectivity index (χ2v) is 4.40. The Hall–Kier alpha value is -2.84. The summed E-state index contributed by atoms with van der Waals surface area (Å²) in [6.07, 6.45) is -1.04. The predicted octanol–water partition coefficient (Wildman–Crippen LogP) is -0.203. The third-order valence-electron chi connectivity index (χ3n) is 2.57. The monoisotopic (exact) mass is 312 g/mol. The maximum absolute atomic E-state index is 13.4. The molecule has 0 fully saturated rings. The van der Waals surface area contributed by atoms with E-state index >= 15 is 0 Å². The van der Waals surface area contributed by atoms with Gasteiger partial charge in [-0.25, -0.2) is 9.18 Å². The lowest BCUT2D eigenvalue weighted by molar-refractivity contribution is -0.133. The first kappa shape index (κ1) is 17.2. The molecule has 0 radical (unpaired) electrons. The van der Waals surface area contributed by atoms with E-state index in [1.54, 1.807) is 6.07 Å². The van der Waals surface area contributed by atoms with Gasteiger partial charge in [0.05, 0.1) is 0 Å². The van der Waals surface area contributed by atoms with E-state index in [1.807, 2.05) is 0 Å². The number of para-hydroxylation sites is 1. The average Bonchev–Trinajstić information content (AvgIpc) is 2.45. The van der Waals surface area contributed by atoms with Gasteiger partial charge < -0.3 is 15.8 Å². The van der Waals surface area contributed by atoms with E-state index in [0.717, 1.165) is 0 Å². The Morgan fingerprint density at radius 2 is 1.73 bits per heavy atom. The minimum absolute atomic E-state index is 0.0831. The number of nitrogens with one attached hydrogen (secondary N) is 3. The summed E-state index contributed by atoms with van der Waals surface area (Å²) >= 11 is 0. The summed E-state index contributed by atoms with van der Waals surface area (Å²) in [5, 5.41) is 2.14. The van der Waals surface area contributed by atoms with E-state index in [0.29, 0.717) is 0 Å². The molecule has 9 heteroatoms. The Balaban J connectivity index is 2.46. The molecule has 120 valence electrons. The largest absolute Gasteiger partial charge is 0.478 e. The van der Waals surface area contributed by atoms with E-state index in [9.17, 15) is 18.8 Å². The van der Waals surface area contributed by atoms with Gasteiger partial charge in [0.2, 0.25) is 0 Å². The van der Waals surface area contributed by atoms with Crippen LogP contribution in [0.4, 0.5) is 9.18 Å². The van der Waals surface area contributed by atoms with Crippen molar-refractivity contribution in [2.75, 3.05) is 0 Å². The van der Waals surface area contributed by atoms with Crippen LogP contribution < -0.4 is 26.6 Å². The van der Waals surface area contributed by atoms with Crippen molar-refractivity contribution >= 4 is 17.8 Å². The highest BCUT2D eigenvalue weighted by Crippen LogP contribution is 2.16. The lowest BCUT2D eigenvalue weighted by Gasteiger charge is -2.17. The van der Waals surface area contributed by atoms with Crippen LogP contribution in [0.2, 0.25) is 0 Å². The van der Waals surface area contributed by atoms with Crippen molar-refractivity contribution in [3.05, 3.63) is 30.1 Å². The third-order valence-corrected chi connectivity index (χ3v) is 2.57. The normalized spacial score (nSPS) is 12.7. The van der Waals surface area contributed by atoms with Crippen LogP contribution in [0.5, 0.6) is 5.75 Å². The Kier molecular flexibility index (Phi) is 6.11. The van der Waals surface area contributed by atoms with Crippen LogP contribution in [0.1, 0.15) is 13.8 Å². The molecule has 5 N–H and O–H groups in total. The fourth-order valence-electron chi connectivity index (χ4n) is 1.40. The molecular formula is C13H17FN4O4. The van der Waals surface area contributed by atoms with Gasteiger partial charge in [0, 0.05) is 0 Å². The number of urea groups is 1. The van der Waals surface area contributed by atoms with Crippen LogP contribution in [0.15, 0.2) is 24.3 Å². The predicted molar refractivity (Wildman–Crippen MR) is 75.0 cm³/mol. The minimum atomic E-state index is -1.04. The first-order valence-electron chi connectivity index (χ1n) is 6.38. The van der Waals surface area contributed by atoms with Crippen molar-refractivity contribution in [3.8, 4) is 5.75 Å². The Morgan fingerprint density at radius 3 is 2.32 bits per heavy atom. The Labute approximate surface area is 126 Å². The lowest BCUT2D eigenvalue weighted by atomic mass is 10.3. The highest BCUT2D eigenvalue weighted by Gasteiger charge is 2.19. The molecule has 0 aliphatic carbocycles. The maximum atomic E-state index is 13.4. The van der Waals surface area contributed by atoms with Gasteiger partial charge in [-0.15, -0.1) is 0 Å². The van der Waals surface area contributed by atoms with E-state index in [-0.39, 0.29) is 5.75 Å². The van der Waals surface area contributed by atoms with Crippen LogP contribution in [-0.2, 0) is 9.59 Å². The van der Waals surface area contributed by atoms with Crippen LogP contribution in [-0.4, -0.2) is 30.0 Å². The molecule has 1 aromatic carbocycles. The molecule has 2 atom stereocenters. The topological polar surface area (TPSA) is 123 Å². The van der Waals surface area contributed by atoms with Crippen LogP contribution in [0, 0.1) is 5.82 Å². The number of rotatable bonds is 5. The summed E-state index contributed by atoms with van der Waals surface area (Å²) in [6, 6.07) is 3.81. The summed E-state index contributed by atoms with van der Waals surface area (Å²) in [6.45, 7) is 2.77. The minimum Gasteiger partial charge on any atom is -0.478 e. The number of hydrazine groups is 1. The zero-order chi connectivity index (χ0) is 16.7. The van der Waals surface area contributed by atoms with Gasteiger partial charge in [0.15, 0.2) is 17.7 Å². The van der Waals surface area contributed by atoms with E-state index in [4.69, 9.17) is 10.5 Å². The van der Waals surface area contributed by atoms with E-state index in [2.05, 4.69) is 16.2 Å². The Morgan fingerprint density at radius 1 is 1.14 bits per heavy atom. The second kappa shape index (κ2) is 7.81. The summed E-state index contributed by atoms with van der Waals surface area (Å²) in [5.41, 5.74) is 9.05. The fourth-order valence-corrected chi connectivity index (χ4v) is 1.40. The first-order valence-corrected chi connectivity index (χ1v) is 6.38. The number of primary amides is 1. The van der Waals surface area contributed by atoms with Gasteiger partial charge in [-0.05, 0) is 26.0 Å². The summed E-state index contributed by atoms with van der Waals surface area (Å²) in [7, 11) is 0. The van der Waals surface area contributed by atoms with Gasteiger partial charge in [0.25, 0.3) is 11.8 Å². The molecule has 0 spiro atoms. The van der Waals surface area contributed by atoms with E-state index in [1.165, 1.54) is 32.0 Å². The van der Waals surface area contributed by atoms with Crippen LogP contribution >= 0.6 is 0 Å². The summed E-state index contributed by atoms with van der Waals surface area (Å²) in [5.74, 6) is -2.06. The average molecular weight is 312 g/mol. The zero-order valence-electron chi connectivity index (χ0n) is 12.1. The first-order chi connectivity index (χ1) is 10.3. The lowest BCUT2D eigenvalue weighted by Crippen LogP contribution is -2.54. The van der Waals surface area contributed by atoms with E-state index < -0.39 is 35.8 Å². The molecule has 0 aromatic heterocycles. The maximum Gasteiger partial charge on any atom is 0.312 e. The highest BCUT2D eigenvalue weighted by molar-refractivity contribution is 5.89. The molecule has 0 aliphatic heterocycles. The molecule has 2 unspecified atom stereocenters. The van der Waals surface area contributed by atoms with Gasteiger partial charge >= 0.3 is 6.03 Å². The molecule has 0 aliphatic rings. The summed E-state index contributed by atoms with van der Waals surface area (Å²) in [4.78, 5) is 33.8. The van der Waals surface area contributed by atoms with Crippen LogP contribution in [0.25, 0.3) is 0 Å². The molecular weight excluding hydrogens is 295 g/mol. The molecule has 0 saturated heterocycles. The molecule has 0 heterocycles. The van der Waals surface area contributed by atoms with Crippen LogP contribution in [0.3, 0.4) is 0 Å². The van der Waals surface area contributed by atoms with Gasteiger partial charge in [-0.3, -0.25) is 20.4 Å². The molecule has 4 amide bonds. The molecule has 8 nitrogen and oxygen atoms in total. The van der Waals surface area contributed by atoms with Crippen molar-refractivity contribution in [1.82, 2.24) is 16.2 Å². The number of benzene rings is 1. The number of carbonyl (C=O) groups is 3. The molecule has 1 aromatic rings. The number of ether oxygens (including phenoxy) is 1. The molecule has 0 saturated carbocycles.